The van der Waals surface area contributed by atoms with E-state index in [2.05, 4.69) is 18.7 Å². The van der Waals surface area contributed by atoms with Crippen molar-refractivity contribution < 1.29 is 14.3 Å². The smallest absolute Gasteiger partial charge is 0.180 e. The van der Waals surface area contributed by atoms with Crippen LogP contribution < -0.4 is 0 Å². The highest BCUT2D eigenvalue weighted by Gasteiger charge is 2.28. The first-order valence-corrected chi connectivity index (χ1v) is 7.24. The first-order valence-electron chi connectivity index (χ1n) is 6.25. The van der Waals surface area contributed by atoms with Crippen LogP contribution in [0, 0.1) is 5.82 Å². The van der Waals surface area contributed by atoms with E-state index >= 15 is 0 Å². The summed E-state index contributed by atoms with van der Waals surface area (Å²) in [6.45, 7) is 6.18. The third kappa shape index (κ3) is 3.70. The van der Waals surface area contributed by atoms with Gasteiger partial charge in [-0.1, -0.05) is 0 Å². The summed E-state index contributed by atoms with van der Waals surface area (Å²) in [5, 5.41) is 9.63. The molecule has 1 aliphatic heterocycles. The Kier molecular flexibility index (Phi) is 4.16. The molecule has 104 valence electrons. The van der Waals surface area contributed by atoms with Crippen LogP contribution in [0.4, 0.5) is 4.39 Å². The molecule has 1 aromatic rings. The molecular formula is C14H18FNO2S. The summed E-state index contributed by atoms with van der Waals surface area (Å²) in [6.07, 6.45) is 0. The number of rotatable bonds is 3. The zero-order valence-corrected chi connectivity index (χ0v) is 12.0. The second kappa shape index (κ2) is 5.51. The van der Waals surface area contributed by atoms with E-state index < -0.39 is 5.82 Å². The molecule has 1 N–H and O–H groups in total. The minimum Gasteiger partial charge on any atom is -0.507 e. The maximum absolute atomic E-state index is 13.1. The van der Waals surface area contributed by atoms with Gasteiger partial charge in [0.25, 0.3) is 0 Å². The fraction of sp³-hybridized carbons (Fsp3) is 0.500. The number of hydrogen-bond donors (Lipinski definition) is 1. The second-order valence-electron chi connectivity index (χ2n) is 5.40. The van der Waals surface area contributed by atoms with Crippen molar-refractivity contribution in [2.45, 2.75) is 18.6 Å². The Bertz CT molecular complexity index is 490. The van der Waals surface area contributed by atoms with Crippen LogP contribution in [-0.2, 0) is 0 Å². The molecule has 0 atom stereocenters. The summed E-state index contributed by atoms with van der Waals surface area (Å²) < 4.78 is 13.3. The van der Waals surface area contributed by atoms with Crippen molar-refractivity contribution in [3.63, 3.8) is 0 Å². The van der Waals surface area contributed by atoms with Crippen molar-refractivity contribution >= 4 is 17.5 Å². The van der Waals surface area contributed by atoms with Crippen molar-refractivity contribution in [1.29, 1.82) is 0 Å². The van der Waals surface area contributed by atoms with Gasteiger partial charge in [0.05, 0.1) is 12.1 Å². The molecule has 0 radical (unpaired) electrons. The van der Waals surface area contributed by atoms with Gasteiger partial charge < -0.3 is 5.11 Å². The van der Waals surface area contributed by atoms with Gasteiger partial charge in [0.1, 0.15) is 11.6 Å². The number of nitrogens with zero attached hydrogens (tertiary/aromatic N) is 1. The maximum Gasteiger partial charge on any atom is 0.180 e. The number of Topliss-reactive ketones (excluding diaryl/α,β-unsaturated/α-hetero) is 1. The van der Waals surface area contributed by atoms with Crippen LogP contribution in [0.1, 0.15) is 24.2 Å². The fourth-order valence-corrected chi connectivity index (χ4v) is 3.44. The molecule has 1 aliphatic rings. The van der Waals surface area contributed by atoms with Crippen molar-refractivity contribution in [2.24, 2.45) is 0 Å². The lowest BCUT2D eigenvalue weighted by Crippen LogP contribution is -2.45. The molecule has 0 amide bonds. The molecule has 0 saturated carbocycles. The molecule has 19 heavy (non-hydrogen) atoms. The lowest BCUT2D eigenvalue weighted by atomic mass is 10.1. The largest absolute Gasteiger partial charge is 0.507 e. The van der Waals surface area contributed by atoms with Gasteiger partial charge in [-0.25, -0.2) is 4.39 Å². The molecule has 0 bridgehead atoms. The zero-order chi connectivity index (χ0) is 14.0. The van der Waals surface area contributed by atoms with Gasteiger partial charge in [-0.2, -0.15) is 11.8 Å². The number of phenolic OH excluding ortho intramolecular Hbond substituents is 1. The Hall–Kier alpha value is -1.07. The number of thioether (sulfide) groups is 1. The Labute approximate surface area is 116 Å². The highest BCUT2D eigenvalue weighted by molar-refractivity contribution is 8.00. The third-order valence-corrected chi connectivity index (χ3v) is 4.43. The number of aromatic hydroxyl groups is 1. The molecule has 0 unspecified atom stereocenters. The number of carbonyl (C=O) groups is 1. The topological polar surface area (TPSA) is 40.5 Å². The minimum atomic E-state index is -0.504. The zero-order valence-electron chi connectivity index (χ0n) is 11.1. The average molecular weight is 283 g/mol. The first-order chi connectivity index (χ1) is 8.87. The SMILES string of the molecule is CC1(C)CN(CC(=O)c2cc(F)ccc2O)CCS1. The number of ketones is 1. The Morgan fingerprint density at radius 3 is 2.95 bits per heavy atom. The average Bonchev–Trinajstić information content (AvgIpc) is 2.31. The van der Waals surface area contributed by atoms with Crippen LogP contribution in [-0.4, -0.2) is 45.9 Å². The standard InChI is InChI=1S/C14H18FNO2S/c1-14(2)9-16(5-6-19-14)8-13(18)11-7-10(15)3-4-12(11)17/h3-4,7,17H,5-6,8-9H2,1-2H3. The molecule has 2 rings (SSSR count). The molecule has 0 aromatic heterocycles. The van der Waals surface area contributed by atoms with Gasteiger partial charge in [0.2, 0.25) is 0 Å². The monoisotopic (exact) mass is 283 g/mol. The summed E-state index contributed by atoms with van der Waals surface area (Å²) in [7, 11) is 0. The lowest BCUT2D eigenvalue weighted by molar-refractivity contribution is 0.0924. The predicted octanol–water partition coefficient (Wildman–Crippen LogP) is 2.54. The molecule has 1 fully saturated rings. The highest BCUT2D eigenvalue weighted by Crippen LogP contribution is 2.29. The van der Waals surface area contributed by atoms with Gasteiger partial charge in [0.15, 0.2) is 5.78 Å². The summed E-state index contributed by atoms with van der Waals surface area (Å²) in [6, 6.07) is 3.47. The molecule has 0 spiro atoms. The Balaban J connectivity index is 2.06. The van der Waals surface area contributed by atoms with Crippen LogP contribution in [0.2, 0.25) is 0 Å². The minimum absolute atomic E-state index is 0.0658. The van der Waals surface area contributed by atoms with E-state index in [-0.39, 0.29) is 28.4 Å². The number of benzene rings is 1. The summed E-state index contributed by atoms with van der Waals surface area (Å²) in [4.78, 5) is 14.2. The van der Waals surface area contributed by atoms with E-state index in [1.807, 2.05) is 11.8 Å². The fourth-order valence-electron chi connectivity index (χ4n) is 2.27. The van der Waals surface area contributed by atoms with Crippen LogP contribution in [0.3, 0.4) is 0 Å². The Morgan fingerprint density at radius 1 is 1.53 bits per heavy atom. The van der Waals surface area contributed by atoms with Crippen molar-refractivity contribution in [1.82, 2.24) is 4.90 Å². The normalized spacial score (nSPS) is 19.3. The summed E-state index contributed by atoms with van der Waals surface area (Å²) in [5.41, 5.74) is 0.0658. The van der Waals surface area contributed by atoms with Gasteiger partial charge in [-0.15, -0.1) is 0 Å². The molecule has 1 aromatic carbocycles. The third-order valence-electron chi connectivity index (χ3n) is 3.13. The molecule has 1 heterocycles. The summed E-state index contributed by atoms with van der Waals surface area (Å²) >= 11 is 1.89. The molecule has 0 aliphatic carbocycles. The summed E-state index contributed by atoms with van der Waals surface area (Å²) in [5.74, 6) is 0.0857. The van der Waals surface area contributed by atoms with Crippen LogP contribution >= 0.6 is 11.8 Å². The van der Waals surface area contributed by atoms with Gasteiger partial charge >= 0.3 is 0 Å². The Morgan fingerprint density at radius 2 is 2.26 bits per heavy atom. The van der Waals surface area contributed by atoms with E-state index in [0.29, 0.717) is 0 Å². The molecular weight excluding hydrogens is 265 g/mol. The molecule has 5 heteroatoms. The second-order valence-corrected chi connectivity index (χ2v) is 7.21. The van der Waals surface area contributed by atoms with E-state index in [1.54, 1.807) is 0 Å². The van der Waals surface area contributed by atoms with Gasteiger partial charge in [-0.05, 0) is 32.0 Å². The van der Waals surface area contributed by atoms with Crippen molar-refractivity contribution in [3.8, 4) is 5.75 Å². The quantitative estimate of drug-likeness (QED) is 0.866. The van der Waals surface area contributed by atoms with Gasteiger partial charge in [0, 0.05) is 23.6 Å². The van der Waals surface area contributed by atoms with Crippen LogP contribution in [0.5, 0.6) is 5.75 Å². The van der Waals surface area contributed by atoms with E-state index in [1.165, 1.54) is 6.07 Å². The van der Waals surface area contributed by atoms with Crippen molar-refractivity contribution in [2.75, 3.05) is 25.4 Å². The van der Waals surface area contributed by atoms with Crippen LogP contribution in [0.15, 0.2) is 18.2 Å². The number of halogens is 1. The number of phenols is 1. The highest BCUT2D eigenvalue weighted by atomic mass is 32.2. The predicted molar refractivity (Wildman–Crippen MR) is 75.4 cm³/mol. The van der Waals surface area contributed by atoms with Gasteiger partial charge in [-0.3, -0.25) is 9.69 Å². The van der Waals surface area contributed by atoms with E-state index in [9.17, 15) is 14.3 Å². The maximum atomic E-state index is 13.1. The molecule has 1 saturated heterocycles. The van der Waals surface area contributed by atoms with E-state index in [4.69, 9.17) is 0 Å². The number of hydrogen-bond acceptors (Lipinski definition) is 4. The lowest BCUT2D eigenvalue weighted by Gasteiger charge is -2.37. The van der Waals surface area contributed by atoms with Crippen molar-refractivity contribution in [3.05, 3.63) is 29.6 Å². The number of carbonyl (C=O) groups excluding carboxylic acids is 1. The molecule has 3 nitrogen and oxygen atoms in total. The van der Waals surface area contributed by atoms with E-state index in [0.717, 1.165) is 31.0 Å². The first kappa shape index (κ1) is 14.3. The van der Waals surface area contributed by atoms with Crippen LogP contribution in [0.25, 0.3) is 0 Å².